The molecule has 1 fully saturated rings. The summed E-state index contributed by atoms with van der Waals surface area (Å²) in [5.74, 6) is -2.06. The molecule has 0 saturated heterocycles. The first-order valence-corrected chi connectivity index (χ1v) is 9.39. The van der Waals surface area contributed by atoms with E-state index < -0.39 is 17.5 Å². The number of fused-ring (bicyclic) bond motifs is 1. The number of allylic oxidation sites excluding steroid dienone is 3. The van der Waals surface area contributed by atoms with Gasteiger partial charge in [-0.05, 0) is 79.9 Å². The van der Waals surface area contributed by atoms with Crippen molar-refractivity contribution < 1.29 is 13.2 Å². The van der Waals surface area contributed by atoms with Gasteiger partial charge in [0, 0.05) is 0 Å². The fraction of sp³-hybridized carbons (Fsp3) is 0.391. The van der Waals surface area contributed by atoms with Crippen LogP contribution in [0.15, 0.2) is 43.0 Å². The average Bonchev–Trinajstić information content (AvgIpc) is 2.65. The maximum atomic E-state index is 14.8. The van der Waals surface area contributed by atoms with Gasteiger partial charge in [-0.3, -0.25) is 0 Å². The van der Waals surface area contributed by atoms with Gasteiger partial charge in [0.25, 0.3) is 0 Å². The Labute approximate surface area is 153 Å². The molecule has 1 aliphatic rings. The molecule has 0 atom stereocenters. The minimum atomic E-state index is -1.05. The predicted molar refractivity (Wildman–Crippen MR) is 102 cm³/mol. The van der Waals surface area contributed by atoms with E-state index in [2.05, 4.69) is 12.7 Å². The van der Waals surface area contributed by atoms with Crippen molar-refractivity contribution in [1.29, 1.82) is 0 Å². The van der Waals surface area contributed by atoms with Crippen LogP contribution in [0.25, 0.3) is 10.8 Å². The summed E-state index contributed by atoms with van der Waals surface area (Å²) in [7, 11) is 0. The van der Waals surface area contributed by atoms with E-state index in [4.69, 9.17) is 0 Å². The van der Waals surface area contributed by atoms with Crippen LogP contribution in [0.1, 0.15) is 56.1 Å². The lowest BCUT2D eigenvalue weighted by Crippen LogP contribution is -2.14. The molecule has 1 saturated carbocycles. The fourth-order valence-corrected chi connectivity index (χ4v) is 4.09. The second kappa shape index (κ2) is 8.11. The number of hydrogen-bond acceptors (Lipinski definition) is 0. The SMILES string of the molecule is C=CCCc1ccc2cc(C3CCC(/C=C/C)CC3)c(F)c(F)c2c1F. The summed E-state index contributed by atoms with van der Waals surface area (Å²) in [5.41, 5.74) is 0.794. The molecule has 0 aliphatic heterocycles. The number of hydrogen-bond donors (Lipinski definition) is 0. The molecule has 0 spiro atoms. The van der Waals surface area contributed by atoms with Crippen molar-refractivity contribution in [1.82, 2.24) is 0 Å². The highest BCUT2D eigenvalue weighted by molar-refractivity contribution is 5.85. The van der Waals surface area contributed by atoms with E-state index in [1.807, 2.05) is 13.0 Å². The molecule has 0 nitrogen and oxygen atoms in total. The normalized spacial score (nSPS) is 20.8. The maximum Gasteiger partial charge on any atom is 0.169 e. The molecule has 0 radical (unpaired) electrons. The molecular formula is C23H25F3. The monoisotopic (exact) mass is 358 g/mol. The molecule has 0 unspecified atom stereocenters. The molecule has 26 heavy (non-hydrogen) atoms. The molecule has 138 valence electrons. The molecule has 0 aromatic heterocycles. The van der Waals surface area contributed by atoms with Crippen molar-refractivity contribution in [2.24, 2.45) is 5.92 Å². The number of aryl methyl sites for hydroxylation is 1. The molecule has 0 bridgehead atoms. The van der Waals surface area contributed by atoms with Gasteiger partial charge >= 0.3 is 0 Å². The van der Waals surface area contributed by atoms with Crippen molar-refractivity contribution in [2.75, 3.05) is 0 Å². The maximum absolute atomic E-state index is 14.8. The van der Waals surface area contributed by atoms with Crippen LogP contribution in [0.5, 0.6) is 0 Å². The summed E-state index contributed by atoms with van der Waals surface area (Å²) in [5, 5.41) is 0.213. The third kappa shape index (κ3) is 3.58. The summed E-state index contributed by atoms with van der Waals surface area (Å²) in [6.07, 6.45) is 10.6. The molecular weight excluding hydrogens is 333 g/mol. The number of rotatable bonds is 5. The Hall–Kier alpha value is -2.03. The van der Waals surface area contributed by atoms with Crippen molar-refractivity contribution in [3.63, 3.8) is 0 Å². The van der Waals surface area contributed by atoms with Crippen LogP contribution in [-0.2, 0) is 6.42 Å². The van der Waals surface area contributed by atoms with Gasteiger partial charge < -0.3 is 0 Å². The molecule has 0 heterocycles. The Kier molecular flexibility index (Phi) is 5.85. The molecule has 0 N–H and O–H groups in total. The molecule has 3 heteroatoms. The Bertz CT molecular complexity index is 827. The first-order valence-electron chi connectivity index (χ1n) is 9.39. The van der Waals surface area contributed by atoms with E-state index >= 15 is 0 Å². The van der Waals surface area contributed by atoms with E-state index in [0.717, 1.165) is 25.7 Å². The third-order valence-corrected chi connectivity index (χ3v) is 5.52. The van der Waals surface area contributed by atoms with Crippen molar-refractivity contribution in [3.8, 4) is 0 Å². The zero-order chi connectivity index (χ0) is 18.7. The smallest absolute Gasteiger partial charge is 0.169 e. The molecule has 0 amide bonds. The van der Waals surface area contributed by atoms with Crippen LogP contribution in [0.3, 0.4) is 0 Å². The fourth-order valence-electron chi connectivity index (χ4n) is 4.09. The highest BCUT2D eigenvalue weighted by Gasteiger charge is 2.26. The van der Waals surface area contributed by atoms with Gasteiger partial charge in [0.05, 0.1) is 5.39 Å². The first-order chi connectivity index (χ1) is 12.6. The van der Waals surface area contributed by atoms with Crippen molar-refractivity contribution >= 4 is 10.8 Å². The van der Waals surface area contributed by atoms with Gasteiger partial charge in [0.2, 0.25) is 0 Å². The van der Waals surface area contributed by atoms with E-state index in [0.29, 0.717) is 35.3 Å². The molecule has 3 rings (SSSR count). The van der Waals surface area contributed by atoms with Crippen molar-refractivity contribution in [2.45, 2.75) is 51.4 Å². The Morgan fingerprint density at radius 3 is 2.42 bits per heavy atom. The molecule has 2 aromatic carbocycles. The lowest BCUT2D eigenvalue weighted by Gasteiger charge is -2.27. The Morgan fingerprint density at radius 1 is 1.04 bits per heavy atom. The van der Waals surface area contributed by atoms with Gasteiger partial charge in [-0.2, -0.15) is 0 Å². The second-order valence-corrected chi connectivity index (χ2v) is 7.20. The number of halogens is 3. The summed E-state index contributed by atoms with van der Waals surface area (Å²) < 4.78 is 44.2. The van der Waals surface area contributed by atoms with Gasteiger partial charge in [0.15, 0.2) is 11.6 Å². The topological polar surface area (TPSA) is 0 Å². The van der Waals surface area contributed by atoms with Crippen LogP contribution >= 0.6 is 0 Å². The highest BCUT2D eigenvalue weighted by atomic mass is 19.2. The van der Waals surface area contributed by atoms with Gasteiger partial charge in [0.1, 0.15) is 5.82 Å². The quantitative estimate of drug-likeness (QED) is 0.495. The van der Waals surface area contributed by atoms with Crippen LogP contribution in [0.2, 0.25) is 0 Å². The minimum Gasteiger partial charge on any atom is -0.206 e. The van der Waals surface area contributed by atoms with Crippen molar-refractivity contribution in [3.05, 3.63) is 71.6 Å². The van der Waals surface area contributed by atoms with Crippen LogP contribution in [0.4, 0.5) is 13.2 Å². The lowest BCUT2D eigenvalue weighted by atomic mass is 9.78. The largest absolute Gasteiger partial charge is 0.206 e. The van der Waals surface area contributed by atoms with Gasteiger partial charge in [-0.1, -0.05) is 30.4 Å². The third-order valence-electron chi connectivity index (χ3n) is 5.52. The minimum absolute atomic E-state index is 0.00101. The van der Waals surface area contributed by atoms with E-state index in [1.54, 1.807) is 24.3 Å². The summed E-state index contributed by atoms with van der Waals surface area (Å²) in [4.78, 5) is 0. The zero-order valence-electron chi connectivity index (χ0n) is 15.2. The predicted octanol–water partition coefficient (Wildman–Crippen LogP) is 7.23. The highest BCUT2D eigenvalue weighted by Crippen LogP contribution is 2.40. The summed E-state index contributed by atoms with van der Waals surface area (Å²) in [6, 6.07) is 5.02. The number of benzene rings is 2. The molecule has 1 aliphatic carbocycles. The van der Waals surface area contributed by atoms with E-state index in [1.165, 1.54) is 0 Å². The lowest BCUT2D eigenvalue weighted by molar-refractivity contribution is 0.364. The summed E-state index contributed by atoms with van der Waals surface area (Å²) >= 11 is 0. The standard InChI is InChI=1S/C23H25F3/c1-3-5-7-17-12-13-18-14-19(22(25)23(26)20(18)21(17)24)16-10-8-15(6-4-2)9-11-16/h3-4,6,12-16H,1,5,7-11H2,2H3/b6-4+. The Balaban J connectivity index is 1.96. The van der Waals surface area contributed by atoms with Crippen LogP contribution in [-0.4, -0.2) is 0 Å². The zero-order valence-corrected chi connectivity index (χ0v) is 15.2. The first kappa shape index (κ1) is 18.8. The summed E-state index contributed by atoms with van der Waals surface area (Å²) in [6.45, 7) is 5.62. The Morgan fingerprint density at radius 2 is 1.77 bits per heavy atom. The van der Waals surface area contributed by atoms with E-state index in [-0.39, 0.29) is 11.3 Å². The van der Waals surface area contributed by atoms with Crippen LogP contribution < -0.4 is 0 Å². The van der Waals surface area contributed by atoms with Gasteiger partial charge in [-0.25, -0.2) is 13.2 Å². The molecule has 2 aromatic rings. The van der Waals surface area contributed by atoms with E-state index in [9.17, 15) is 13.2 Å². The average molecular weight is 358 g/mol. The van der Waals surface area contributed by atoms with Gasteiger partial charge in [-0.15, -0.1) is 6.58 Å². The second-order valence-electron chi connectivity index (χ2n) is 7.20. The van der Waals surface area contributed by atoms with Crippen LogP contribution in [0, 0.1) is 23.4 Å².